The number of amides is 1. The number of piperazine rings is 1. The molecule has 0 N–H and O–H groups in total. The minimum absolute atomic E-state index is 0.152. The fourth-order valence-electron chi connectivity index (χ4n) is 2.85. The molecule has 116 valence electrons. The van der Waals surface area contributed by atoms with E-state index in [1.807, 2.05) is 41.5 Å². The summed E-state index contributed by atoms with van der Waals surface area (Å²) in [5.74, 6) is 0.782. The van der Waals surface area contributed by atoms with Crippen molar-refractivity contribution in [3.63, 3.8) is 0 Å². The number of aromatic nitrogens is 2. The summed E-state index contributed by atoms with van der Waals surface area (Å²) < 4.78 is 0. The summed E-state index contributed by atoms with van der Waals surface area (Å²) in [5.41, 5.74) is 1.83. The minimum Gasteiger partial charge on any atom is -0.334 e. The Morgan fingerprint density at radius 3 is 2.50 bits per heavy atom. The van der Waals surface area contributed by atoms with E-state index in [0.29, 0.717) is 0 Å². The summed E-state index contributed by atoms with van der Waals surface area (Å²) in [6.45, 7) is 4.41. The van der Waals surface area contributed by atoms with E-state index < -0.39 is 0 Å². The number of hydrogen-bond acceptors (Lipinski definition) is 5. The number of nitrogens with zero attached hydrogens (tertiary/aromatic N) is 4. The summed E-state index contributed by atoms with van der Waals surface area (Å²) in [5, 5.41) is 0.152. The first kappa shape index (κ1) is 15.1. The molecule has 6 heteroatoms. The van der Waals surface area contributed by atoms with Gasteiger partial charge in [0.2, 0.25) is 5.95 Å². The molecule has 1 fully saturated rings. The van der Waals surface area contributed by atoms with Crippen LogP contribution in [0.1, 0.15) is 13.3 Å². The van der Waals surface area contributed by atoms with Gasteiger partial charge in [0.25, 0.3) is 5.24 Å². The van der Waals surface area contributed by atoms with Gasteiger partial charge in [-0.1, -0.05) is 36.9 Å². The summed E-state index contributed by atoms with van der Waals surface area (Å²) in [6, 6.07) is 10.2. The van der Waals surface area contributed by atoms with Gasteiger partial charge in [0.15, 0.2) is 0 Å². The van der Waals surface area contributed by atoms with E-state index in [0.717, 1.165) is 43.4 Å². The van der Waals surface area contributed by atoms with Gasteiger partial charge in [-0.3, -0.25) is 4.79 Å². The highest BCUT2D eigenvalue weighted by Crippen LogP contribution is 2.26. The van der Waals surface area contributed by atoms with Crippen molar-refractivity contribution in [3.8, 4) is 11.4 Å². The summed E-state index contributed by atoms with van der Waals surface area (Å²) in [7, 11) is 0. The Hall–Kier alpha value is -1.82. The Bertz CT molecular complexity index is 605. The molecule has 5 nitrogen and oxygen atoms in total. The smallest absolute Gasteiger partial charge is 0.281 e. The van der Waals surface area contributed by atoms with E-state index in [4.69, 9.17) is 0 Å². The molecule has 1 atom stereocenters. The number of hydrogen-bond donors (Lipinski definition) is 0. The molecular formula is C16H20N4OS. The molecule has 0 aromatic heterocycles. The predicted octanol–water partition coefficient (Wildman–Crippen LogP) is 2.97. The van der Waals surface area contributed by atoms with Crippen molar-refractivity contribution in [3.05, 3.63) is 30.3 Å². The van der Waals surface area contributed by atoms with E-state index >= 15 is 0 Å². The number of fused-ring (bicyclic) bond motifs is 1. The molecule has 0 aromatic carbocycles. The number of imidazole rings is 1. The lowest BCUT2D eigenvalue weighted by Gasteiger charge is -2.40. The lowest BCUT2D eigenvalue weighted by Crippen LogP contribution is -2.54. The van der Waals surface area contributed by atoms with Crippen LogP contribution in [-0.4, -0.2) is 52.0 Å². The molecule has 0 aromatic rings. The number of rotatable bonds is 2. The average Bonchev–Trinajstić information content (AvgIpc) is 2.84. The van der Waals surface area contributed by atoms with Crippen molar-refractivity contribution in [1.82, 2.24) is 14.9 Å². The molecule has 2 heterocycles. The van der Waals surface area contributed by atoms with Crippen molar-refractivity contribution in [2.75, 3.05) is 30.8 Å². The lowest BCUT2D eigenvalue weighted by molar-refractivity contribution is 0.208. The predicted molar refractivity (Wildman–Crippen MR) is 90.6 cm³/mol. The Labute approximate surface area is 135 Å². The third kappa shape index (κ3) is 2.88. The number of carbonyl (C=O) groups excluding carboxylic acids is 1. The third-order valence-corrected chi connectivity index (χ3v) is 4.68. The quantitative estimate of drug-likeness (QED) is 0.852. The van der Waals surface area contributed by atoms with Crippen molar-refractivity contribution in [2.24, 2.45) is 0 Å². The van der Waals surface area contributed by atoms with Crippen LogP contribution in [0.25, 0.3) is 11.4 Å². The van der Waals surface area contributed by atoms with Crippen LogP contribution in [0.4, 0.5) is 10.7 Å². The maximum absolute atomic E-state index is 11.9. The van der Waals surface area contributed by atoms with Crippen molar-refractivity contribution in [1.29, 1.82) is 0 Å². The largest absolute Gasteiger partial charge is 0.334 e. The molecular weight excluding hydrogens is 296 g/mol. The van der Waals surface area contributed by atoms with Gasteiger partial charge in [-0.25, -0.2) is 9.97 Å². The molecule has 1 aliphatic carbocycles. The van der Waals surface area contributed by atoms with Gasteiger partial charge in [0, 0.05) is 25.7 Å². The van der Waals surface area contributed by atoms with Gasteiger partial charge in [0.05, 0.1) is 11.4 Å². The average molecular weight is 316 g/mol. The number of thioether (sulfide) groups is 1. The Morgan fingerprint density at radius 2 is 1.91 bits per heavy atom. The molecule has 3 rings (SSSR count). The third-order valence-electron chi connectivity index (χ3n) is 4.08. The lowest BCUT2D eigenvalue weighted by atomic mass is 10.1. The fourth-order valence-corrected chi connectivity index (χ4v) is 3.27. The number of carbonyl (C=O) groups is 1. The number of anilines is 1. The Kier molecular flexibility index (Phi) is 4.47. The summed E-state index contributed by atoms with van der Waals surface area (Å²) in [4.78, 5) is 25.4. The zero-order valence-electron chi connectivity index (χ0n) is 12.9. The van der Waals surface area contributed by atoms with Gasteiger partial charge in [-0.05, 0) is 24.8 Å². The molecule has 22 heavy (non-hydrogen) atoms. The molecule has 0 saturated carbocycles. The maximum Gasteiger partial charge on any atom is 0.281 e. The molecule has 1 unspecified atom stereocenters. The van der Waals surface area contributed by atoms with Crippen molar-refractivity contribution < 1.29 is 4.79 Å². The van der Waals surface area contributed by atoms with Crippen molar-refractivity contribution >= 4 is 22.9 Å². The fraction of sp³-hybridized carbons (Fsp3) is 0.438. The second kappa shape index (κ2) is 6.52. The Balaban J connectivity index is 1.84. The van der Waals surface area contributed by atoms with E-state index in [-0.39, 0.29) is 11.3 Å². The standard InChI is InChI=1S/C16H20N4OS/c1-3-12-11-19(16(21)22-2)9-10-20(12)15-17-13-7-5-4-6-8-14(13)18-15/h4-8,12H,3,9-11H2,1-2H3. The summed E-state index contributed by atoms with van der Waals surface area (Å²) in [6.07, 6.45) is 2.81. The van der Waals surface area contributed by atoms with Crippen LogP contribution < -0.4 is 4.90 Å². The SMILES string of the molecule is CCC1CN(C(=O)SC)CCN1c1nc2cccccc-2n1. The van der Waals surface area contributed by atoms with Gasteiger partial charge in [0.1, 0.15) is 0 Å². The maximum atomic E-state index is 11.9. The zero-order valence-corrected chi connectivity index (χ0v) is 13.7. The first-order chi connectivity index (χ1) is 10.7. The topological polar surface area (TPSA) is 49.3 Å². The molecule has 3 aliphatic rings. The van der Waals surface area contributed by atoms with Crippen LogP contribution in [0.15, 0.2) is 30.3 Å². The molecule has 2 aliphatic heterocycles. The van der Waals surface area contributed by atoms with Gasteiger partial charge < -0.3 is 9.80 Å². The zero-order chi connectivity index (χ0) is 15.5. The van der Waals surface area contributed by atoms with Crippen LogP contribution in [0.3, 0.4) is 0 Å². The first-order valence-corrected chi connectivity index (χ1v) is 8.77. The van der Waals surface area contributed by atoms with E-state index in [1.54, 1.807) is 0 Å². The molecule has 1 saturated heterocycles. The first-order valence-electron chi connectivity index (χ1n) is 7.55. The van der Waals surface area contributed by atoms with Gasteiger partial charge in [-0.15, -0.1) is 0 Å². The van der Waals surface area contributed by atoms with Crippen LogP contribution in [0.5, 0.6) is 0 Å². The minimum atomic E-state index is 0.152. The van der Waals surface area contributed by atoms with Gasteiger partial charge >= 0.3 is 0 Å². The van der Waals surface area contributed by atoms with E-state index in [1.165, 1.54) is 11.8 Å². The molecule has 0 spiro atoms. The van der Waals surface area contributed by atoms with Crippen molar-refractivity contribution in [2.45, 2.75) is 19.4 Å². The second-order valence-electron chi connectivity index (χ2n) is 5.38. The van der Waals surface area contributed by atoms with Crippen LogP contribution in [0.2, 0.25) is 0 Å². The van der Waals surface area contributed by atoms with Crippen LogP contribution >= 0.6 is 11.8 Å². The highest BCUT2D eigenvalue weighted by Gasteiger charge is 2.30. The molecule has 0 radical (unpaired) electrons. The van der Waals surface area contributed by atoms with Gasteiger partial charge in [-0.2, -0.15) is 0 Å². The van der Waals surface area contributed by atoms with E-state index in [2.05, 4.69) is 21.8 Å². The normalized spacial score (nSPS) is 18.7. The highest BCUT2D eigenvalue weighted by molar-refractivity contribution is 8.12. The monoisotopic (exact) mass is 316 g/mol. The summed E-state index contributed by atoms with van der Waals surface area (Å²) >= 11 is 1.28. The second-order valence-corrected chi connectivity index (χ2v) is 6.13. The molecule has 1 amide bonds. The highest BCUT2D eigenvalue weighted by atomic mass is 32.2. The molecule has 0 bridgehead atoms. The van der Waals surface area contributed by atoms with Crippen LogP contribution in [-0.2, 0) is 0 Å². The Morgan fingerprint density at radius 1 is 1.23 bits per heavy atom. The van der Waals surface area contributed by atoms with E-state index in [9.17, 15) is 4.79 Å². The van der Waals surface area contributed by atoms with Crippen LogP contribution in [0, 0.1) is 0 Å².